The van der Waals surface area contributed by atoms with Crippen LogP contribution in [0.15, 0.2) is 55.1 Å². The molecular weight excluding hydrogens is 572 g/mol. The number of alkyl halides is 6. The Kier molecular flexibility index (Phi) is 8.87. The van der Waals surface area contributed by atoms with E-state index >= 15 is 0 Å². The summed E-state index contributed by atoms with van der Waals surface area (Å²) in [5, 5.41) is 10.3. The van der Waals surface area contributed by atoms with E-state index in [4.69, 9.17) is 0 Å². The van der Waals surface area contributed by atoms with Crippen LogP contribution in [-0.4, -0.2) is 44.7 Å². The largest absolute Gasteiger partial charge is 0.416 e. The van der Waals surface area contributed by atoms with Crippen LogP contribution in [0.1, 0.15) is 72.8 Å². The molecule has 1 saturated heterocycles. The van der Waals surface area contributed by atoms with Crippen molar-refractivity contribution >= 4 is 5.91 Å². The number of rotatable bonds is 8. The van der Waals surface area contributed by atoms with Gasteiger partial charge in [-0.3, -0.25) is 4.79 Å². The molecule has 1 aromatic heterocycles. The van der Waals surface area contributed by atoms with Crippen LogP contribution >= 0.6 is 0 Å². The van der Waals surface area contributed by atoms with Gasteiger partial charge in [-0.2, -0.15) is 26.3 Å². The molecule has 12 heteroatoms. The molecule has 0 spiro atoms. The summed E-state index contributed by atoms with van der Waals surface area (Å²) in [6.07, 6.45) is -2.11. The lowest BCUT2D eigenvalue weighted by atomic mass is 9.83. The number of halogens is 6. The molecule has 1 N–H and O–H groups in total. The van der Waals surface area contributed by atoms with Crippen molar-refractivity contribution in [1.82, 2.24) is 25.0 Å². The van der Waals surface area contributed by atoms with Gasteiger partial charge >= 0.3 is 12.4 Å². The molecule has 1 aliphatic heterocycles. The fourth-order valence-corrected chi connectivity index (χ4v) is 6.60. The summed E-state index contributed by atoms with van der Waals surface area (Å²) in [5.41, 5.74) is -1.34. The third-order valence-electron chi connectivity index (χ3n) is 9.02. The first-order chi connectivity index (χ1) is 20.4. The lowest BCUT2D eigenvalue weighted by Crippen LogP contribution is -2.45. The molecule has 2 unspecified atom stereocenters. The van der Waals surface area contributed by atoms with Gasteiger partial charge in [-0.05, 0) is 92.4 Å². The van der Waals surface area contributed by atoms with Crippen molar-refractivity contribution in [3.63, 3.8) is 0 Å². The number of hydrogen-bond donors (Lipinski definition) is 1. The number of likely N-dealkylation sites (tertiary alicyclic amines) is 1. The lowest BCUT2D eigenvalue weighted by molar-refractivity contribution is -0.143. The van der Waals surface area contributed by atoms with Crippen molar-refractivity contribution in [2.45, 2.75) is 82.9 Å². The smallest absolute Gasteiger partial charge is 0.351 e. The van der Waals surface area contributed by atoms with E-state index in [-0.39, 0.29) is 24.2 Å². The predicted molar refractivity (Wildman–Crippen MR) is 148 cm³/mol. The first-order valence-corrected chi connectivity index (χ1v) is 14.6. The minimum Gasteiger partial charge on any atom is -0.351 e. The van der Waals surface area contributed by atoms with E-state index in [9.17, 15) is 31.1 Å². The molecule has 232 valence electrons. The van der Waals surface area contributed by atoms with Crippen LogP contribution < -0.4 is 5.32 Å². The number of nitrogens with zero attached hydrogens (tertiary/aromatic N) is 4. The predicted octanol–water partition coefficient (Wildman–Crippen LogP) is 6.61. The molecule has 0 radical (unpaired) electrons. The topological polar surface area (TPSA) is 63.1 Å². The zero-order chi connectivity index (χ0) is 30.8. The second-order valence-electron chi connectivity index (χ2n) is 11.8. The van der Waals surface area contributed by atoms with Crippen molar-refractivity contribution in [2.24, 2.45) is 5.41 Å². The van der Waals surface area contributed by atoms with Gasteiger partial charge in [-0.15, -0.1) is 10.2 Å². The molecule has 2 aliphatic rings. The molecule has 1 saturated carbocycles. The van der Waals surface area contributed by atoms with E-state index in [1.807, 2.05) is 0 Å². The Morgan fingerprint density at radius 1 is 0.907 bits per heavy atom. The van der Waals surface area contributed by atoms with E-state index in [2.05, 4.69) is 51.6 Å². The summed E-state index contributed by atoms with van der Waals surface area (Å²) < 4.78 is 81.8. The number of piperidine rings is 1. The van der Waals surface area contributed by atoms with Gasteiger partial charge < -0.3 is 14.8 Å². The summed E-state index contributed by atoms with van der Waals surface area (Å²) in [5.74, 6) is 0.0725. The van der Waals surface area contributed by atoms with Crippen LogP contribution in [0.4, 0.5) is 26.3 Å². The first kappa shape index (κ1) is 31.0. The SMILES string of the molecule is CCc1ccc(C2CCN(C3CCC(Cn4cnnc4)(C(=O)NCc4cc(C(F)(F)F)cc(C(F)(F)F)c4)C3)CC2)cc1. The summed E-state index contributed by atoms with van der Waals surface area (Å²) in [6, 6.07) is 10.3. The maximum Gasteiger partial charge on any atom is 0.416 e. The Hall–Kier alpha value is -3.41. The zero-order valence-corrected chi connectivity index (χ0v) is 23.9. The molecule has 1 amide bonds. The number of aromatic nitrogens is 3. The maximum atomic E-state index is 13.7. The second kappa shape index (κ2) is 12.3. The van der Waals surface area contributed by atoms with Gasteiger partial charge in [0.25, 0.3) is 0 Å². The summed E-state index contributed by atoms with van der Waals surface area (Å²) in [6.45, 7) is 3.72. The molecule has 2 atom stereocenters. The molecular formula is C31H35F6N5O. The number of hydrogen-bond acceptors (Lipinski definition) is 4. The number of benzene rings is 2. The number of nitrogens with one attached hydrogen (secondary N) is 1. The van der Waals surface area contributed by atoms with Gasteiger partial charge in [-0.1, -0.05) is 31.2 Å². The second-order valence-corrected chi connectivity index (χ2v) is 11.8. The minimum absolute atomic E-state index is 0.0871. The molecule has 3 aromatic rings. The van der Waals surface area contributed by atoms with Crippen LogP contribution in [-0.2, 0) is 36.7 Å². The van der Waals surface area contributed by atoms with Crippen LogP contribution in [0, 0.1) is 5.41 Å². The highest BCUT2D eigenvalue weighted by molar-refractivity contribution is 5.83. The molecule has 6 nitrogen and oxygen atoms in total. The number of amides is 1. The van der Waals surface area contributed by atoms with E-state index in [0.717, 1.165) is 38.8 Å². The van der Waals surface area contributed by atoms with Crippen molar-refractivity contribution in [1.29, 1.82) is 0 Å². The van der Waals surface area contributed by atoms with Crippen molar-refractivity contribution in [3.8, 4) is 0 Å². The third-order valence-corrected chi connectivity index (χ3v) is 9.02. The molecule has 2 fully saturated rings. The molecule has 5 rings (SSSR count). The highest BCUT2D eigenvalue weighted by Gasteiger charge is 2.47. The maximum absolute atomic E-state index is 13.7. The Labute approximate surface area is 246 Å². The van der Waals surface area contributed by atoms with E-state index < -0.39 is 41.3 Å². The van der Waals surface area contributed by atoms with Crippen LogP contribution in [0.2, 0.25) is 0 Å². The van der Waals surface area contributed by atoms with E-state index in [1.54, 1.807) is 4.57 Å². The van der Waals surface area contributed by atoms with Gasteiger partial charge in [-0.25, -0.2) is 0 Å². The number of carbonyl (C=O) groups excluding carboxylic acids is 1. The number of carbonyl (C=O) groups is 1. The quantitative estimate of drug-likeness (QED) is 0.293. The van der Waals surface area contributed by atoms with Crippen LogP contribution in [0.3, 0.4) is 0 Å². The molecule has 2 heterocycles. The average Bonchev–Trinajstić information content (AvgIpc) is 3.66. The summed E-state index contributed by atoms with van der Waals surface area (Å²) in [7, 11) is 0. The molecule has 2 aromatic carbocycles. The zero-order valence-electron chi connectivity index (χ0n) is 23.9. The Morgan fingerprint density at radius 2 is 1.51 bits per heavy atom. The fraction of sp³-hybridized carbons (Fsp3) is 0.516. The summed E-state index contributed by atoms with van der Waals surface area (Å²) in [4.78, 5) is 16.1. The van der Waals surface area contributed by atoms with Gasteiger partial charge in [0.05, 0.1) is 16.5 Å². The molecule has 43 heavy (non-hydrogen) atoms. The van der Waals surface area contributed by atoms with Crippen molar-refractivity contribution < 1.29 is 31.1 Å². The third kappa shape index (κ3) is 7.22. The lowest BCUT2D eigenvalue weighted by Gasteiger charge is -2.37. The first-order valence-electron chi connectivity index (χ1n) is 14.6. The summed E-state index contributed by atoms with van der Waals surface area (Å²) >= 11 is 0. The average molecular weight is 608 g/mol. The van der Waals surface area contributed by atoms with Gasteiger partial charge in [0.15, 0.2) is 0 Å². The Morgan fingerprint density at radius 3 is 2.07 bits per heavy atom. The van der Waals surface area contributed by atoms with Crippen LogP contribution in [0.5, 0.6) is 0 Å². The Balaban J connectivity index is 1.28. The normalized spacial score (nSPS) is 22.2. The monoisotopic (exact) mass is 607 g/mol. The number of aryl methyl sites for hydroxylation is 1. The van der Waals surface area contributed by atoms with Crippen LogP contribution in [0.25, 0.3) is 0 Å². The van der Waals surface area contributed by atoms with E-state index in [0.29, 0.717) is 30.9 Å². The minimum atomic E-state index is -4.96. The fourth-order valence-electron chi connectivity index (χ4n) is 6.60. The highest BCUT2D eigenvalue weighted by Crippen LogP contribution is 2.44. The Bertz CT molecular complexity index is 1350. The van der Waals surface area contributed by atoms with Gasteiger partial charge in [0, 0.05) is 19.1 Å². The van der Waals surface area contributed by atoms with E-state index in [1.165, 1.54) is 23.8 Å². The molecule has 0 bridgehead atoms. The van der Waals surface area contributed by atoms with Gasteiger partial charge in [0.1, 0.15) is 12.7 Å². The van der Waals surface area contributed by atoms with Gasteiger partial charge in [0.2, 0.25) is 5.91 Å². The highest BCUT2D eigenvalue weighted by atomic mass is 19.4. The van der Waals surface area contributed by atoms with Crippen molar-refractivity contribution in [3.05, 3.63) is 82.9 Å². The van der Waals surface area contributed by atoms with Crippen molar-refractivity contribution in [2.75, 3.05) is 13.1 Å². The molecule has 1 aliphatic carbocycles. The standard InChI is InChI=1S/C31H35F6N5O/c1-2-21-3-5-23(6-4-21)24-8-11-42(12-9-24)27-7-10-29(16-27,18-41-19-39-40-20-41)28(43)38-17-22-13-25(30(32,33)34)15-26(14-22)31(35,36)37/h3-6,13-15,19-20,24,27H,2,7-12,16-18H2,1H3,(H,38,43).